The second-order valence-corrected chi connectivity index (χ2v) is 5.11. The van der Waals surface area contributed by atoms with Crippen LogP contribution in [0.5, 0.6) is 0 Å². The highest BCUT2D eigenvalue weighted by atomic mass is 16.5. The van der Waals surface area contributed by atoms with Crippen LogP contribution in [0, 0.1) is 0 Å². The van der Waals surface area contributed by atoms with Crippen molar-refractivity contribution < 1.29 is 14.9 Å². The first-order valence-electron chi connectivity index (χ1n) is 7.01. The predicted octanol–water partition coefficient (Wildman–Crippen LogP) is -0.180. The maximum absolute atomic E-state index is 10.2. The number of hydrogen-bond acceptors (Lipinski definition) is 5. The summed E-state index contributed by atoms with van der Waals surface area (Å²) in [6.45, 7) is 9.08. The van der Waals surface area contributed by atoms with Gasteiger partial charge < -0.3 is 25.2 Å². The van der Waals surface area contributed by atoms with E-state index in [1.54, 1.807) is 0 Å². The Bertz CT molecular complexity index is 216. The SMILES string of the molecule is CCN(CC)CC(O)CNCC1(O)CCOCC1. The standard InChI is InChI=1S/C13H28N2O3/c1-3-15(4-2)10-12(16)9-14-11-13(17)5-7-18-8-6-13/h12,14,16-17H,3-11H2,1-2H3. The van der Waals surface area contributed by atoms with Crippen molar-refractivity contribution in [3.8, 4) is 0 Å². The maximum Gasteiger partial charge on any atom is 0.0815 e. The number of nitrogens with zero attached hydrogens (tertiary/aromatic N) is 1. The summed E-state index contributed by atoms with van der Waals surface area (Å²) in [4.78, 5) is 2.19. The smallest absolute Gasteiger partial charge is 0.0815 e. The minimum absolute atomic E-state index is 0.381. The molecule has 5 nitrogen and oxygen atoms in total. The van der Waals surface area contributed by atoms with Gasteiger partial charge >= 0.3 is 0 Å². The van der Waals surface area contributed by atoms with E-state index in [1.165, 1.54) is 0 Å². The van der Waals surface area contributed by atoms with Crippen molar-refractivity contribution in [1.29, 1.82) is 0 Å². The van der Waals surface area contributed by atoms with Crippen LogP contribution in [0.2, 0.25) is 0 Å². The van der Waals surface area contributed by atoms with Crippen molar-refractivity contribution in [3.05, 3.63) is 0 Å². The lowest BCUT2D eigenvalue weighted by molar-refractivity contribution is -0.0625. The van der Waals surface area contributed by atoms with Gasteiger partial charge in [-0.2, -0.15) is 0 Å². The zero-order valence-electron chi connectivity index (χ0n) is 11.7. The highest BCUT2D eigenvalue weighted by molar-refractivity contribution is 4.83. The van der Waals surface area contributed by atoms with E-state index in [4.69, 9.17) is 4.74 Å². The van der Waals surface area contributed by atoms with Gasteiger partial charge in [-0.1, -0.05) is 13.8 Å². The Hall–Kier alpha value is -0.200. The first kappa shape index (κ1) is 15.9. The molecule has 108 valence electrons. The number of nitrogens with one attached hydrogen (secondary N) is 1. The van der Waals surface area contributed by atoms with E-state index in [9.17, 15) is 10.2 Å². The van der Waals surface area contributed by atoms with E-state index in [-0.39, 0.29) is 6.10 Å². The zero-order chi connectivity index (χ0) is 13.4. The summed E-state index contributed by atoms with van der Waals surface area (Å²) in [7, 11) is 0. The molecule has 0 aromatic heterocycles. The molecule has 1 saturated heterocycles. The molecule has 5 heteroatoms. The number of hydrogen-bond donors (Lipinski definition) is 3. The number of likely N-dealkylation sites (N-methyl/N-ethyl adjacent to an activating group) is 1. The average Bonchev–Trinajstić information content (AvgIpc) is 2.36. The first-order valence-corrected chi connectivity index (χ1v) is 7.01. The Kier molecular flexibility index (Phi) is 7.11. The third-order valence-electron chi connectivity index (χ3n) is 3.62. The van der Waals surface area contributed by atoms with Crippen LogP contribution in [0.15, 0.2) is 0 Å². The van der Waals surface area contributed by atoms with E-state index < -0.39 is 5.60 Å². The molecule has 0 aliphatic carbocycles. The normalized spacial score (nSPS) is 21.2. The molecule has 1 heterocycles. The van der Waals surface area contributed by atoms with Gasteiger partial charge in [-0.3, -0.25) is 0 Å². The summed E-state index contributed by atoms with van der Waals surface area (Å²) >= 11 is 0. The Labute approximate surface area is 110 Å². The van der Waals surface area contributed by atoms with Gasteiger partial charge in [-0.25, -0.2) is 0 Å². The third kappa shape index (κ3) is 5.63. The van der Waals surface area contributed by atoms with Crippen LogP contribution in [0.3, 0.4) is 0 Å². The summed E-state index contributed by atoms with van der Waals surface area (Å²) < 4.78 is 5.23. The molecule has 18 heavy (non-hydrogen) atoms. The van der Waals surface area contributed by atoms with E-state index >= 15 is 0 Å². The third-order valence-corrected chi connectivity index (χ3v) is 3.62. The molecule has 0 radical (unpaired) electrons. The molecule has 0 aromatic rings. The molecule has 1 aliphatic heterocycles. The Morgan fingerprint density at radius 2 is 1.89 bits per heavy atom. The summed E-state index contributed by atoms with van der Waals surface area (Å²) in [5.41, 5.74) is -0.660. The first-order chi connectivity index (χ1) is 8.59. The van der Waals surface area contributed by atoms with Crippen molar-refractivity contribution in [2.24, 2.45) is 0 Å². The fourth-order valence-corrected chi connectivity index (χ4v) is 2.24. The summed E-state index contributed by atoms with van der Waals surface area (Å²) in [5.74, 6) is 0. The molecule has 0 bridgehead atoms. The highest BCUT2D eigenvalue weighted by Crippen LogP contribution is 2.19. The molecule has 1 atom stereocenters. The zero-order valence-corrected chi connectivity index (χ0v) is 11.7. The quantitative estimate of drug-likeness (QED) is 0.565. The van der Waals surface area contributed by atoms with Crippen LogP contribution in [-0.4, -0.2) is 72.8 Å². The van der Waals surface area contributed by atoms with Crippen LogP contribution >= 0.6 is 0 Å². The fourth-order valence-electron chi connectivity index (χ4n) is 2.24. The second-order valence-electron chi connectivity index (χ2n) is 5.11. The largest absolute Gasteiger partial charge is 0.390 e. The minimum atomic E-state index is -0.660. The van der Waals surface area contributed by atoms with Crippen molar-refractivity contribution in [1.82, 2.24) is 10.2 Å². The number of rotatable bonds is 8. The Balaban J connectivity index is 2.16. The van der Waals surface area contributed by atoms with Crippen LogP contribution in [-0.2, 0) is 4.74 Å². The predicted molar refractivity (Wildman–Crippen MR) is 71.7 cm³/mol. The minimum Gasteiger partial charge on any atom is -0.390 e. The number of aliphatic hydroxyl groups excluding tert-OH is 1. The molecule has 0 spiro atoms. The van der Waals surface area contributed by atoms with Crippen molar-refractivity contribution >= 4 is 0 Å². The molecule has 3 N–H and O–H groups in total. The fraction of sp³-hybridized carbons (Fsp3) is 1.00. The topological polar surface area (TPSA) is 65.0 Å². The van der Waals surface area contributed by atoms with Gasteiger partial charge in [0.15, 0.2) is 0 Å². The lowest BCUT2D eigenvalue weighted by Gasteiger charge is -2.32. The van der Waals surface area contributed by atoms with Gasteiger partial charge in [0.25, 0.3) is 0 Å². The van der Waals surface area contributed by atoms with Gasteiger partial charge in [-0.15, -0.1) is 0 Å². The number of ether oxygens (including phenoxy) is 1. The van der Waals surface area contributed by atoms with Gasteiger partial charge in [0.05, 0.1) is 11.7 Å². The highest BCUT2D eigenvalue weighted by Gasteiger charge is 2.29. The van der Waals surface area contributed by atoms with Crippen LogP contribution in [0.1, 0.15) is 26.7 Å². The molecule has 1 rings (SSSR count). The van der Waals surface area contributed by atoms with E-state index in [0.717, 1.165) is 13.1 Å². The lowest BCUT2D eigenvalue weighted by atomic mass is 9.94. The van der Waals surface area contributed by atoms with E-state index in [2.05, 4.69) is 24.1 Å². The van der Waals surface area contributed by atoms with Crippen LogP contribution in [0.4, 0.5) is 0 Å². The van der Waals surface area contributed by atoms with Crippen LogP contribution in [0.25, 0.3) is 0 Å². The van der Waals surface area contributed by atoms with Gasteiger partial charge in [0.1, 0.15) is 0 Å². The summed E-state index contributed by atoms with van der Waals surface area (Å²) in [5, 5.41) is 23.3. The van der Waals surface area contributed by atoms with Gasteiger partial charge in [-0.05, 0) is 13.1 Å². The molecule has 0 amide bonds. The van der Waals surface area contributed by atoms with E-state index in [1.807, 2.05) is 0 Å². The molecule has 0 aromatic carbocycles. The summed E-state index contributed by atoms with van der Waals surface area (Å²) in [6.07, 6.45) is 0.964. The van der Waals surface area contributed by atoms with Crippen LogP contribution < -0.4 is 5.32 Å². The molecule has 1 fully saturated rings. The Morgan fingerprint density at radius 3 is 2.44 bits per heavy atom. The van der Waals surface area contributed by atoms with Gasteiger partial charge in [0, 0.05) is 45.7 Å². The molecule has 1 unspecified atom stereocenters. The molecule has 1 aliphatic rings. The second kappa shape index (κ2) is 8.07. The van der Waals surface area contributed by atoms with Crippen molar-refractivity contribution in [3.63, 3.8) is 0 Å². The molecular weight excluding hydrogens is 232 g/mol. The van der Waals surface area contributed by atoms with Gasteiger partial charge in [0.2, 0.25) is 0 Å². The molecule has 0 saturated carbocycles. The Morgan fingerprint density at radius 1 is 1.28 bits per heavy atom. The lowest BCUT2D eigenvalue weighted by Crippen LogP contribution is -2.47. The maximum atomic E-state index is 10.2. The van der Waals surface area contributed by atoms with Crippen molar-refractivity contribution in [2.75, 3.05) is 45.9 Å². The van der Waals surface area contributed by atoms with E-state index in [0.29, 0.717) is 45.7 Å². The number of aliphatic hydroxyl groups is 2. The van der Waals surface area contributed by atoms with Crippen molar-refractivity contribution in [2.45, 2.75) is 38.4 Å². The summed E-state index contributed by atoms with van der Waals surface area (Å²) in [6, 6.07) is 0. The molecular formula is C13H28N2O3. The average molecular weight is 260 g/mol. The monoisotopic (exact) mass is 260 g/mol.